The molecule has 0 saturated heterocycles. The van der Waals surface area contributed by atoms with Crippen LogP contribution in [0, 0.1) is 10.7 Å². The first kappa shape index (κ1) is 41.2. The molecule has 3 N–H and O–H groups in total. The zero-order valence-electron chi connectivity index (χ0n) is 25.5. The maximum absolute atomic E-state index is 13.7. The van der Waals surface area contributed by atoms with Gasteiger partial charge >= 0.3 is 29.8 Å². The van der Waals surface area contributed by atoms with Gasteiger partial charge in [-0.2, -0.15) is 0 Å². The molecule has 0 unspecified atom stereocenters. The van der Waals surface area contributed by atoms with Crippen molar-refractivity contribution < 1.29 is 62.0 Å². The van der Waals surface area contributed by atoms with Crippen LogP contribution in [-0.4, -0.2) is 92.2 Å². The number of amides is 3. The van der Waals surface area contributed by atoms with E-state index in [1.807, 2.05) is 0 Å². The fourth-order valence-corrected chi connectivity index (χ4v) is 7.77. The third-order valence-corrected chi connectivity index (χ3v) is 8.59. The number of halogens is 3. The third-order valence-electron chi connectivity index (χ3n) is 5.35. The predicted molar refractivity (Wildman–Crippen MR) is 183 cm³/mol. The van der Waals surface area contributed by atoms with E-state index in [-0.39, 0.29) is 54.0 Å². The number of anilines is 1. The molecular weight excluding hydrogens is 955 g/mol. The summed E-state index contributed by atoms with van der Waals surface area (Å²) < 4.78 is 25.4. The Morgan fingerprint density at radius 3 is 1.17 bits per heavy atom. The Morgan fingerprint density at radius 1 is 0.565 bits per heavy atom. The van der Waals surface area contributed by atoms with Crippen molar-refractivity contribution in [3.05, 3.63) is 21.8 Å². The lowest BCUT2D eigenvalue weighted by Gasteiger charge is -2.24. The molecule has 3 amide bonds. The monoisotopic (exact) mass is 987 g/mol. The van der Waals surface area contributed by atoms with Crippen LogP contribution in [0.3, 0.4) is 0 Å². The van der Waals surface area contributed by atoms with Crippen molar-refractivity contribution in [3.63, 3.8) is 0 Å². The van der Waals surface area contributed by atoms with Crippen molar-refractivity contribution in [1.29, 1.82) is 0 Å². The summed E-state index contributed by atoms with van der Waals surface area (Å²) in [5.74, 6) is -5.66. The lowest BCUT2D eigenvalue weighted by Crippen LogP contribution is -2.44. The van der Waals surface area contributed by atoms with E-state index in [0.29, 0.717) is 0 Å². The Morgan fingerprint density at radius 2 is 0.891 bits per heavy atom. The smallest absolute Gasteiger partial charge is 0.303 e. The topological polar surface area (TPSA) is 219 Å². The Balaban J connectivity index is 3.73. The normalized spacial score (nSPS) is 11.2. The van der Waals surface area contributed by atoms with Crippen molar-refractivity contribution >= 4 is 121 Å². The average molecular weight is 987 g/mol. The second-order valence-electron chi connectivity index (χ2n) is 9.36. The summed E-state index contributed by atoms with van der Waals surface area (Å²) in [6.07, 6.45) is -1.24. The first-order valence-electron chi connectivity index (χ1n) is 13.2. The van der Waals surface area contributed by atoms with Gasteiger partial charge in [0.25, 0.3) is 17.7 Å². The molecule has 1 rings (SSSR count). The number of esters is 5. The molecule has 0 aliphatic heterocycles. The van der Waals surface area contributed by atoms with Crippen molar-refractivity contribution in [3.8, 4) is 0 Å². The highest BCUT2D eigenvalue weighted by Gasteiger charge is 2.32. The van der Waals surface area contributed by atoms with Crippen LogP contribution in [0.25, 0.3) is 0 Å². The molecule has 1 atom stereocenters. The number of hydrogen-bond acceptors (Lipinski definition) is 13. The molecule has 19 heteroatoms. The molecule has 0 heterocycles. The second-order valence-corrected chi connectivity index (χ2v) is 12.6. The third kappa shape index (κ3) is 13.9. The van der Waals surface area contributed by atoms with Crippen molar-refractivity contribution in [2.75, 3.05) is 31.7 Å². The van der Waals surface area contributed by atoms with Crippen LogP contribution < -0.4 is 16.0 Å². The van der Waals surface area contributed by atoms with E-state index >= 15 is 0 Å². The molecule has 16 nitrogen and oxygen atoms in total. The Bertz CT molecular complexity index is 1270. The van der Waals surface area contributed by atoms with Gasteiger partial charge in [-0.15, -0.1) is 0 Å². The van der Waals surface area contributed by atoms with E-state index in [2.05, 4.69) is 16.0 Å². The first-order valence-corrected chi connectivity index (χ1v) is 16.4. The summed E-state index contributed by atoms with van der Waals surface area (Å²) in [7, 11) is 0. The van der Waals surface area contributed by atoms with E-state index in [0.717, 1.165) is 34.6 Å². The van der Waals surface area contributed by atoms with Gasteiger partial charge in [-0.25, -0.2) is 0 Å². The van der Waals surface area contributed by atoms with Crippen molar-refractivity contribution in [2.45, 2.75) is 59.7 Å². The lowest BCUT2D eigenvalue weighted by atomic mass is 10.1. The minimum Gasteiger partial charge on any atom is -0.464 e. The van der Waals surface area contributed by atoms with Crippen molar-refractivity contribution in [2.24, 2.45) is 0 Å². The molecular formula is C27H32I3N3O13. The number of nitrogens with one attached hydrogen (secondary N) is 3. The van der Waals surface area contributed by atoms with Gasteiger partial charge in [0.1, 0.15) is 26.4 Å². The first-order chi connectivity index (χ1) is 21.3. The van der Waals surface area contributed by atoms with Crippen LogP contribution in [0.5, 0.6) is 0 Å². The summed E-state index contributed by atoms with van der Waals surface area (Å²) in [6.45, 7) is 5.67. The van der Waals surface area contributed by atoms with Crippen LogP contribution in [0.1, 0.15) is 62.3 Å². The van der Waals surface area contributed by atoms with Gasteiger partial charge in [0.2, 0.25) is 0 Å². The molecule has 0 aliphatic carbocycles. The Hall–Kier alpha value is -2.83. The molecule has 1 aromatic rings. The van der Waals surface area contributed by atoms with E-state index in [1.165, 1.54) is 6.92 Å². The molecule has 0 saturated carbocycles. The van der Waals surface area contributed by atoms with E-state index in [4.69, 9.17) is 23.7 Å². The number of carbonyl (C=O) groups excluding carboxylic acids is 8. The van der Waals surface area contributed by atoms with Gasteiger partial charge in [-0.05, 0) is 74.7 Å². The summed E-state index contributed by atoms with van der Waals surface area (Å²) in [6, 6.07) is -2.00. The summed E-state index contributed by atoms with van der Waals surface area (Å²) >= 11 is 5.36. The SMILES string of the molecule is CC(=O)OCC(COC(C)=O)NC(=O)c1c(I)c(NC(=O)[C@@H](C)OC(C)=O)c(I)c(C(=O)NC(COC(C)=O)COC(C)=O)c1I. The van der Waals surface area contributed by atoms with Crippen LogP contribution in [-0.2, 0) is 52.5 Å². The highest BCUT2D eigenvalue weighted by atomic mass is 127. The lowest BCUT2D eigenvalue weighted by molar-refractivity contribution is -0.150. The second kappa shape index (κ2) is 19.7. The molecule has 0 radical (unpaired) electrons. The summed E-state index contributed by atoms with van der Waals surface area (Å²) in [4.78, 5) is 97.5. The molecule has 0 aliphatic rings. The van der Waals surface area contributed by atoms with Gasteiger partial charge in [0.05, 0.1) is 36.0 Å². The van der Waals surface area contributed by atoms with Gasteiger partial charge in [-0.3, -0.25) is 38.4 Å². The highest BCUT2D eigenvalue weighted by molar-refractivity contribution is 14.1. The largest absolute Gasteiger partial charge is 0.464 e. The molecule has 0 fully saturated rings. The molecule has 1 aromatic carbocycles. The minimum atomic E-state index is -1.24. The van der Waals surface area contributed by atoms with Gasteiger partial charge < -0.3 is 39.6 Å². The van der Waals surface area contributed by atoms with Crippen LogP contribution >= 0.6 is 67.8 Å². The van der Waals surface area contributed by atoms with Crippen LogP contribution in [0.15, 0.2) is 0 Å². The van der Waals surface area contributed by atoms with Crippen LogP contribution in [0.2, 0.25) is 0 Å². The van der Waals surface area contributed by atoms with E-state index < -0.39 is 65.8 Å². The van der Waals surface area contributed by atoms with Gasteiger partial charge in [0.15, 0.2) is 6.10 Å². The predicted octanol–water partition coefficient (Wildman–Crippen LogP) is 1.84. The number of benzene rings is 1. The number of rotatable bonds is 15. The van der Waals surface area contributed by atoms with Gasteiger partial charge in [-0.1, -0.05) is 0 Å². The quantitative estimate of drug-likeness (QED) is 0.130. The molecule has 0 spiro atoms. The molecule has 254 valence electrons. The standard InChI is InChI=1S/C27H32I3N3O13/c1-11(46-16(6)38)25(39)33-24-22(29)19(26(40)31-17(7-42-12(2)34)8-43-13(3)35)21(28)20(23(24)30)27(41)32-18(9-44-14(4)36)10-45-15(5)37/h11,17-18H,7-10H2,1-6H3,(H,31,40)(H,32,41)(H,33,39)/t11-/m1/s1. The number of hydrogen-bond donors (Lipinski definition) is 3. The van der Waals surface area contributed by atoms with Gasteiger partial charge in [0, 0.05) is 38.2 Å². The molecule has 0 aromatic heterocycles. The molecule has 46 heavy (non-hydrogen) atoms. The van der Waals surface area contributed by atoms with Crippen LogP contribution in [0.4, 0.5) is 5.69 Å². The maximum atomic E-state index is 13.7. The maximum Gasteiger partial charge on any atom is 0.303 e. The number of ether oxygens (including phenoxy) is 5. The average Bonchev–Trinajstić information content (AvgIpc) is 2.93. The minimum absolute atomic E-state index is 0.0222. The number of carbonyl (C=O) groups is 8. The summed E-state index contributed by atoms with van der Waals surface area (Å²) in [5.41, 5.74) is -0.155. The van der Waals surface area contributed by atoms with E-state index in [9.17, 15) is 38.4 Å². The zero-order chi connectivity index (χ0) is 35.3. The molecule has 0 bridgehead atoms. The fraction of sp³-hybridized carbons (Fsp3) is 0.481. The Kier molecular flexibility index (Phi) is 17.7. The highest BCUT2D eigenvalue weighted by Crippen LogP contribution is 2.36. The zero-order valence-corrected chi connectivity index (χ0v) is 32.0. The van der Waals surface area contributed by atoms with E-state index in [1.54, 1.807) is 67.8 Å². The fourth-order valence-electron chi connectivity index (χ4n) is 3.35. The Labute approximate surface area is 304 Å². The summed E-state index contributed by atoms with van der Waals surface area (Å²) in [5, 5.41) is 7.82. The van der Waals surface area contributed by atoms with Crippen molar-refractivity contribution in [1.82, 2.24) is 10.6 Å².